The molecule has 0 spiro atoms. The van der Waals surface area contributed by atoms with Gasteiger partial charge in [-0.15, -0.1) is 0 Å². The highest BCUT2D eigenvalue weighted by atomic mass is 16.3. The normalized spacial score (nSPS) is 17.4. The third-order valence-corrected chi connectivity index (χ3v) is 2.97. The van der Waals surface area contributed by atoms with Crippen molar-refractivity contribution in [2.45, 2.75) is 12.8 Å². The average Bonchev–Trinajstić information content (AvgIpc) is 2.39. The molecule has 2 rings (SSSR count). The van der Waals surface area contributed by atoms with Crippen LogP contribution >= 0.6 is 0 Å². The SMILES string of the molecule is O=C(c1cncnc1)N1CCC(CO)CC1. The van der Waals surface area contributed by atoms with E-state index < -0.39 is 0 Å². The summed E-state index contributed by atoms with van der Waals surface area (Å²) in [7, 11) is 0. The number of rotatable bonds is 2. The topological polar surface area (TPSA) is 66.3 Å². The highest BCUT2D eigenvalue weighted by molar-refractivity contribution is 5.93. The van der Waals surface area contributed by atoms with Crippen molar-refractivity contribution in [1.82, 2.24) is 14.9 Å². The molecule has 86 valence electrons. The summed E-state index contributed by atoms with van der Waals surface area (Å²) in [6.07, 6.45) is 6.22. The number of carbonyl (C=O) groups excluding carboxylic acids is 1. The van der Waals surface area contributed by atoms with Crippen LogP contribution in [0.25, 0.3) is 0 Å². The molecule has 1 aliphatic heterocycles. The van der Waals surface area contributed by atoms with Gasteiger partial charge < -0.3 is 10.0 Å². The molecule has 1 aromatic rings. The van der Waals surface area contributed by atoms with Gasteiger partial charge in [-0.25, -0.2) is 9.97 Å². The molecular weight excluding hydrogens is 206 g/mol. The number of hydrogen-bond acceptors (Lipinski definition) is 4. The molecule has 5 heteroatoms. The number of likely N-dealkylation sites (tertiary alicyclic amines) is 1. The van der Waals surface area contributed by atoms with Gasteiger partial charge in [-0.3, -0.25) is 4.79 Å². The number of aromatic nitrogens is 2. The van der Waals surface area contributed by atoms with Crippen molar-refractivity contribution in [2.24, 2.45) is 5.92 Å². The second-order valence-corrected chi connectivity index (χ2v) is 4.05. The van der Waals surface area contributed by atoms with Gasteiger partial charge in [0.2, 0.25) is 0 Å². The third kappa shape index (κ3) is 2.36. The van der Waals surface area contributed by atoms with Gasteiger partial charge in [0.25, 0.3) is 5.91 Å². The molecule has 0 atom stereocenters. The first-order valence-electron chi connectivity index (χ1n) is 5.46. The fourth-order valence-electron chi connectivity index (χ4n) is 1.91. The number of aliphatic hydroxyl groups is 1. The molecule has 0 unspecified atom stereocenters. The lowest BCUT2D eigenvalue weighted by molar-refractivity contribution is 0.0650. The van der Waals surface area contributed by atoms with Gasteiger partial charge in [0, 0.05) is 32.1 Å². The van der Waals surface area contributed by atoms with Crippen LogP contribution in [0.1, 0.15) is 23.2 Å². The minimum atomic E-state index is -0.0167. The van der Waals surface area contributed by atoms with Crippen molar-refractivity contribution in [3.05, 3.63) is 24.3 Å². The molecule has 2 heterocycles. The van der Waals surface area contributed by atoms with E-state index in [1.165, 1.54) is 18.7 Å². The summed E-state index contributed by atoms with van der Waals surface area (Å²) < 4.78 is 0. The molecule has 1 aromatic heterocycles. The van der Waals surface area contributed by atoms with Crippen molar-refractivity contribution >= 4 is 5.91 Å². The Morgan fingerprint density at radius 1 is 1.38 bits per heavy atom. The number of nitrogens with zero attached hydrogens (tertiary/aromatic N) is 3. The summed E-state index contributed by atoms with van der Waals surface area (Å²) in [4.78, 5) is 21.4. The minimum absolute atomic E-state index is 0.0167. The lowest BCUT2D eigenvalue weighted by Crippen LogP contribution is -2.39. The van der Waals surface area contributed by atoms with Crippen molar-refractivity contribution in [1.29, 1.82) is 0 Å². The van der Waals surface area contributed by atoms with Gasteiger partial charge in [0.05, 0.1) is 5.56 Å². The van der Waals surface area contributed by atoms with Gasteiger partial charge in [0.1, 0.15) is 6.33 Å². The van der Waals surface area contributed by atoms with E-state index in [0.717, 1.165) is 12.8 Å². The van der Waals surface area contributed by atoms with E-state index in [1.54, 1.807) is 4.90 Å². The van der Waals surface area contributed by atoms with Gasteiger partial charge >= 0.3 is 0 Å². The van der Waals surface area contributed by atoms with E-state index in [-0.39, 0.29) is 12.5 Å². The van der Waals surface area contributed by atoms with E-state index in [2.05, 4.69) is 9.97 Å². The molecule has 0 radical (unpaired) electrons. The maximum Gasteiger partial charge on any atom is 0.256 e. The Bertz CT molecular complexity index is 348. The van der Waals surface area contributed by atoms with Crippen molar-refractivity contribution < 1.29 is 9.90 Å². The van der Waals surface area contributed by atoms with E-state index in [0.29, 0.717) is 24.6 Å². The molecule has 0 aromatic carbocycles. The first kappa shape index (κ1) is 11.0. The first-order chi connectivity index (χ1) is 7.81. The molecule has 5 nitrogen and oxygen atoms in total. The monoisotopic (exact) mass is 221 g/mol. The molecule has 1 aliphatic rings. The van der Waals surface area contributed by atoms with Gasteiger partial charge in [-0.05, 0) is 18.8 Å². The highest BCUT2D eigenvalue weighted by Crippen LogP contribution is 2.17. The maximum atomic E-state index is 12.0. The molecule has 0 saturated carbocycles. The number of carbonyl (C=O) groups is 1. The standard InChI is InChI=1S/C11H15N3O2/c15-7-9-1-3-14(4-2-9)11(16)10-5-12-8-13-6-10/h5-6,8-9,15H,1-4,7H2. The fraction of sp³-hybridized carbons (Fsp3) is 0.545. The molecular formula is C11H15N3O2. The van der Waals surface area contributed by atoms with Crippen LogP contribution < -0.4 is 0 Å². The van der Waals surface area contributed by atoms with E-state index in [9.17, 15) is 4.79 Å². The van der Waals surface area contributed by atoms with Crippen LogP contribution in [-0.4, -0.2) is 45.6 Å². The highest BCUT2D eigenvalue weighted by Gasteiger charge is 2.23. The molecule has 1 amide bonds. The fourth-order valence-corrected chi connectivity index (χ4v) is 1.91. The summed E-state index contributed by atoms with van der Waals surface area (Å²) >= 11 is 0. The smallest absolute Gasteiger partial charge is 0.256 e. The Morgan fingerprint density at radius 2 is 2.00 bits per heavy atom. The van der Waals surface area contributed by atoms with Crippen LogP contribution in [0.4, 0.5) is 0 Å². The van der Waals surface area contributed by atoms with Crippen molar-refractivity contribution in [3.8, 4) is 0 Å². The van der Waals surface area contributed by atoms with Crippen LogP contribution in [0.3, 0.4) is 0 Å². The van der Waals surface area contributed by atoms with Gasteiger partial charge in [-0.1, -0.05) is 0 Å². The van der Waals surface area contributed by atoms with E-state index in [4.69, 9.17) is 5.11 Å². The molecule has 0 aliphatic carbocycles. The zero-order valence-corrected chi connectivity index (χ0v) is 9.04. The zero-order valence-electron chi connectivity index (χ0n) is 9.04. The molecule has 1 saturated heterocycles. The predicted octanol–water partition coefficient (Wildman–Crippen LogP) is 0.321. The average molecular weight is 221 g/mol. The van der Waals surface area contributed by atoms with Crippen LogP contribution in [0, 0.1) is 5.92 Å². The summed E-state index contributed by atoms with van der Waals surface area (Å²) in [6.45, 7) is 1.63. The van der Waals surface area contributed by atoms with Gasteiger partial charge in [-0.2, -0.15) is 0 Å². The predicted molar refractivity (Wildman–Crippen MR) is 57.7 cm³/mol. The van der Waals surface area contributed by atoms with Crippen LogP contribution in [0.2, 0.25) is 0 Å². The quantitative estimate of drug-likeness (QED) is 0.781. The summed E-state index contributed by atoms with van der Waals surface area (Å²) in [5.74, 6) is 0.327. The number of amides is 1. The van der Waals surface area contributed by atoms with Crippen molar-refractivity contribution in [2.75, 3.05) is 19.7 Å². The molecule has 1 N–H and O–H groups in total. The van der Waals surface area contributed by atoms with E-state index >= 15 is 0 Å². The maximum absolute atomic E-state index is 12.0. The Labute approximate surface area is 94.1 Å². The third-order valence-electron chi connectivity index (χ3n) is 2.97. The van der Waals surface area contributed by atoms with Crippen LogP contribution in [0.5, 0.6) is 0 Å². The molecule has 0 bridgehead atoms. The Kier molecular flexibility index (Phi) is 3.46. The molecule has 1 fully saturated rings. The Hall–Kier alpha value is -1.49. The van der Waals surface area contributed by atoms with Crippen LogP contribution in [0.15, 0.2) is 18.7 Å². The zero-order chi connectivity index (χ0) is 11.4. The summed E-state index contributed by atoms with van der Waals surface area (Å²) in [5.41, 5.74) is 0.532. The second kappa shape index (κ2) is 5.03. The Morgan fingerprint density at radius 3 is 2.56 bits per heavy atom. The lowest BCUT2D eigenvalue weighted by atomic mass is 9.97. The number of piperidine rings is 1. The minimum Gasteiger partial charge on any atom is -0.396 e. The van der Waals surface area contributed by atoms with E-state index in [1.807, 2.05) is 0 Å². The number of hydrogen-bond donors (Lipinski definition) is 1. The van der Waals surface area contributed by atoms with Crippen molar-refractivity contribution in [3.63, 3.8) is 0 Å². The molecule has 16 heavy (non-hydrogen) atoms. The Balaban J connectivity index is 1.97. The lowest BCUT2D eigenvalue weighted by Gasteiger charge is -2.30. The number of aliphatic hydroxyl groups excluding tert-OH is 1. The second-order valence-electron chi connectivity index (χ2n) is 4.05. The first-order valence-corrected chi connectivity index (χ1v) is 5.46. The largest absolute Gasteiger partial charge is 0.396 e. The summed E-state index contributed by atoms with van der Waals surface area (Å²) in [5, 5.41) is 9.01. The van der Waals surface area contributed by atoms with Gasteiger partial charge in [0.15, 0.2) is 0 Å². The van der Waals surface area contributed by atoms with Crippen LogP contribution in [-0.2, 0) is 0 Å². The summed E-state index contributed by atoms with van der Waals surface area (Å²) in [6, 6.07) is 0.